The lowest BCUT2D eigenvalue weighted by Crippen LogP contribution is -2.46. The van der Waals surface area contributed by atoms with Gasteiger partial charge in [0.25, 0.3) is 0 Å². The normalized spacial score (nSPS) is 34.1. The van der Waals surface area contributed by atoms with Crippen molar-refractivity contribution in [2.75, 3.05) is 25.4 Å². The second kappa shape index (κ2) is 3.78. The van der Waals surface area contributed by atoms with E-state index in [1.54, 1.807) is 0 Å². The molecule has 0 aromatic carbocycles. The van der Waals surface area contributed by atoms with Crippen LogP contribution in [0.5, 0.6) is 0 Å². The number of piperidine rings is 1. The summed E-state index contributed by atoms with van der Waals surface area (Å²) in [4.78, 5) is 2.27. The van der Waals surface area contributed by atoms with E-state index in [9.17, 15) is 5.11 Å². The van der Waals surface area contributed by atoms with Gasteiger partial charge in [-0.2, -0.15) is 12.6 Å². The van der Waals surface area contributed by atoms with Gasteiger partial charge in [-0.05, 0) is 26.3 Å². The molecule has 0 radical (unpaired) electrons. The van der Waals surface area contributed by atoms with Gasteiger partial charge in [-0.15, -0.1) is 0 Å². The van der Waals surface area contributed by atoms with Crippen LogP contribution < -0.4 is 0 Å². The summed E-state index contributed by atoms with van der Waals surface area (Å²) in [6.07, 6.45) is 2.05. The molecular formula is C8H17NOS. The Bertz CT molecular complexity index is 125. The zero-order valence-corrected chi connectivity index (χ0v) is 7.98. The standard InChI is InChI=1S/C8H17NOS/c1-8(10)3-2-4-9(7-8)5-6-11/h10-11H,2-7H2,1H3. The molecular weight excluding hydrogens is 158 g/mol. The highest BCUT2D eigenvalue weighted by Crippen LogP contribution is 2.19. The third-order valence-electron chi connectivity index (χ3n) is 2.17. The molecule has 1 heterocycles. The molecule has 1 unspecified atom stereocenters. The molecule has 66 valence electrons. The fourth-order valence-electron chi connectivity index (χ4n) is 1.66. The Labute approximate surface area is 74.0 Å². The second-order valence-electron chi connectivity index (χ2n) is 3.60. The number of nitrogens with zero attached hydrogens (tertiary/aromatic N) is 1. The predicted octanol–water partition coefficient (Wildman–Crippen LogP) is 0.763. The van der Waals surface area contributed by atoms with Crippen molar-refractivity contribution in [2.24, 2.45) is 0 Å². The Morgan fingerprint density at radius 1 is 1.64 bits per heavy atom. The smallest absolute Gasteiger partial charge is 0.0746 e. The number of likely N-dealkylation sites (tertiary alicyclic amines) is 1. The summed E-state index contributed by atoms with van der Waals surface area (Å²) < 4.78 is 0. The fourth-order valence-corrected chi connectivity index (χ4v) is 1.94. The zero-order chi connectivity index (χ0) is 8.32. The van der Waals surface area contributed by atoms with Gasteiger partial charge in [0.2, 0.25) is 0 Å². The molecule has 0 spiro atoms. The van der Waals surface area contributed by atoms with Crippen molar-refractivity contribution in [1.29, 1.82) is 0 Å². The largest absolute Gasteiger partial charge is 0.389 e. The minimum Gasteiger partial charge on any atom is -0.389 e. The highest BCUT2D eigenvalue weighted by atomic mass is 32.1. The first-order chi connectivity index (χ1) is 5.14. The van der Waals surface area contributed by atoms with E-state index in [0.717, 1.165) is 38.2 Å². The minimum absolute atomic E-state index is 0.457. The highest BCUT2D eigenvalue weighted by Gasteiger charge is 2.27. The molecule has 2 nitrogen and oxygen atoms in total. The Morgan fingerprint density at radius 3 is 2.91 bits per heavy atom. The maximum atomic E-state index is 9.70. The molecule has 1 saturated heterocycles. The van der Waals surface area contributed by atoms with E-state index >= 15 is 0 Å². The Kier molecular flexibility index (Phi) is 3.22. The van der Waals surface area contributed by atoms with Gasteiger partial charge in [0.05, 0.1) is 5.60 Å². The lowest BCUT2D eigenvalue weighted by atomic mass is 9.95. The van der Waals surface area contributed by atoms with Gasteiger partial charge in [-0.3, -0.25) is 4.90 Å². The Balaban J connectivity index is 2.34. The van der Waals surface area contributed by atoms with Crippen molar-refractivity contribution < 1.29 is 5.11 Å². The van der Waals surface area contributed by atoms with Crippen molar-refractivity contribution in [3.63, 3.8) is 0 Å². The Morgan fingerprint density at radius 2 is 2.36 bits per heavy atom. The van der Waals surface area contributed by atoms with E-state index in [1.165, 1.54) is 0 Å². The molecule has 0 saturated carbocycles. The van der Waals surface area contributed by atoms with Crippen LogP contribution in [0, 0.1) is 0 Å². The van der Waals surface area contributed by atoms with Crippen molar-refractivity contribution in [3.8, 4) is 0 Å². The van der Waals surface area contributed by atoms with E-state index in [0.29, 0.717) is 0 Å². The lowest BCUT2D eigenvalue weighted by Gasteiger charge is -2.36. The van der Waals surface area contributed by atoms with E-state index in [2.05, 4.69) is 17.5 Å². The molecule has 0 amide bonds. The van der Waals surface area contributed by atoms with E-state index < -0.39 is 5.60 Å². The van der Waals surface area contributed by atoms with Gasteiger partial charge in [0.15, 0.2) is 0 Å². The number of aliphatic hydroxyl groups is 1. The fraction of sp³-hybridized carbons (Fsp3) is 1.00. The van der Waals surface area contributed by atoms with Gasteiger partial charge in [-0.25, -0.2) is 0 Å². The van der Waals surface area contributed by atoms with Gasteiger partial charge >= 0.3 is 0 Å². The van der Waals surface area contributed by atoms with Crippen LogP contribution in [0.2, 0.25) is 0 Å². The molecule has 1 N–H and O–H groups in total. The third-order valence-corrected chi connectivity index (χ3v) is 2.37. The summed E-state index contributed by atoms with van der Waals surface area (Å²) in [6, 6.07) is 0. The molecule has 1 fully saturated rings. The average molecular weight is 175 g/mol. The van der Waals surface area contributed by atoms with E-state index in [1.807, 2.05) is 6.92 Å². The van der Waals surface area contributed by atoms with Crippen LogP contribution in [0.4, 0.5) is 0 Å². The van der Waals surface area contributed by atoms with Crippen LogP contribution >= 0.6 is 12.6 Å². The van der Waals surface area contributed by atoms with Gasteiger partial charge in [-0.1, -0.05) is 0 Å². The second-order valence-corrected chi connectivity index (χ2v) is 4.05. The van der Waals surface area contributed by atoms with Crippen molar-refractivity contribution >= 4 is 12.6 Å². The van der Waals surface area contributed by atoms with Crippen LogP contribution in [-0.2, 0) is 0 Å². The van der Waals surface area contributed by atoms with E-state index in [-0.39, 0.29) is 0 Å². The number of β-amino-alcohol motifs (C(OH)–C–C–N with tert-alkyl or cyclic N) is 1. The molecule has 0 aliphatic carbocycles. The summed E-state index contributed by atoms with van der Waals surface area (Å²) in [5, 5.41) is 9.70. The van der Waals surface area contributed by atoms with Crippen LogP contribution in [0.3, 0.4) is 0 Å². The molecule has 11 heavy (non-hydrogen) atoms. The third kappa shape index (κ3) is 3.01. The first-order valence-electron chi connectivity index (χ1n) is 4.20. The minimum atomic E-state index is -0.457. The van der Waals surface area contributed by atoms with Crippen LogP contribution in [0.25, 0.3) is 0 Å². The summed E-state index contributed by atoms with van der Waals surface area (Å²) in [5.41, 5.74) is -0.457. The average Bonchev–Trinajstić information content (AvgIpc) is 1.85. The first kappa shape index (κ1) is 9.36. The zero-order valence-electron chi connectivity index (χ0n) is 7.08. The number of hydrogen-bond donors (Lipinski definition) is 2. The van der Waals surface area contributed by atoms with E-state index in [4.69, 9.17) is 0 Å². The number of rotatable bonds is 2. The van der Waals surface area contributed by atoms with Crippen LogP contribution in [0.15, 0.2) is 0 Å². The van der Waals surface area contributed by atoms with Crippen LogP contribution in [-0.4, -0.2) is 41.0 Å². The Hall–Kier alpha value is 0.270. The van der Waals surface area contributed by atoms with Crippen molar-refractivity contribution in [2.45, 2.75) is 25.4 Å². The topological polar surface area (TPSA) is 23.5 Å². The monoisotopic (exact) mass is 175 g/mol. The SMILES string of the molecule is CC1(O)CCCN(CCS)C1. The molecule has 3 heteroatoms. The lowest BCUT2D eigenvalue weighted by molar-refractivity contribution is -0.0133. The molecule has 0 aromatic rings. The van der Waals surface area contributed by atoms with Gasteiger partial charge < -0.3 is 5.11 Å². The quantitative estimate of drug-likeness (QED) is 0.605. The summed E-state index contributed by atoms with van der Waals surface area (Å²) >= 11 is 4.16. The predicted molar refractivity (Wildman–Crippen MR) is 50.2 cm³/mol. The van der Waals surface area contributed by atoms with Crippen molar-refractivity contribution in [1.82, 2.24) is 4.90 Å². The number of hydrogen-bond acceptors (Lipinski definition) is 3. The van der Waals surface area contributed by atoms with Gasteiger partial charge in [0.1, 0.15) is 0 Å². The molecule has 1 rings (SSSR count). The molecule has 1 aliphatic heterocycles. The maximum Gasteiger partial charge on any atom is 0.0746 e. The molecule has 0 bridgehead atoms. The number of thiol groups is 1. The first-order valence-corrected chi connectivity index (χ1v) is 4.83. The van der Waals surface area contributed by atoms with Gasteiger partial charge in [0, 0.05) is 18.8 Å². The molecule has 0 aromatic heterocycles. The summed E-state index contributed by atoms with van der Waals surface area (Å²) in [7, 11) is 0. The van der Waals surface area contributed by atoms with Crippen LogP contribution in [0.1, 0.15) is 19.8 Å². The van der Waals surface area contributed by atoms with Crippen molar-refractivity contribution in [3.05, 3.63) is 0 Å². The summed E-state index contributed by atoms with van der Waals surface area (Å²) in [6.45, 7) is 4.85. The molecule has 1 aliphatic rings. The molecule has 1 atom stereocenters. The summed E-state index contributed by atoms with van der Waals surface area (Å²) in [5.74, 6) is 0.885. The maximum absolute atomic E-state index is 9.70. The highest BCUT2D eigenvalue weighted by molar-refractivity contribution is 7.80.